The van der Waals surface area contributed by atoms with E-state index in [-0.39, 0.29) is 18.1 Å². The number of amides is 1. The number of halogens is 1. The summed E-state index contributed by atoms with van der Waals surface area (Å²) in [5.74, 6) is 4.79. The van der Waals surface area contributed by atoms with Crippen LogP contribution < -0.4 is 17.0 Å². The fraction of sp³-hybridized carbons (Fsp3) is 0.250. The van der Waals surface area contributed by atoms with Crippen molar-refractivity contribution in [2.75, 3.05) is 0 Å². The van der Waals surface area contributed by atoms with Gasteiger partial charge >= 0.3 is 5.69 Å². The molecular formula is C12H13BrN4O2S. The lowest BCUT2D eigenvalue weighted by atomic mass is 10.2. The van der Waals surface area contributed by atoms with Gasteiger partial charge in [-0.3, -0.25) is 14.8 Å². The van der Waals surface area contributed by atoms with E-state index in [1.165, 1.54) is 15.9 Å². The van der Waals surface area contributed by atoms with Crippen molar-refractivity contribution in [2.45, 2.75) is 20.4 Å². The van der Waals surface area contributed by atoms with Crippen molar-refractivity contribution in [3.05, 3.63) is 48.2 Å². The highest BCUT2D eigenvalue weighted by Gasteiger charge is 2.15. The van der Waals surface area contributed by atoms with Crippen molar-refractivity contribution in [3.8, 4) is 0 Å². The molecule has 1 amide bonds. The monoisotopic (exact) mass is 356 g/mol. The van der Waals surface area contributed by atoms with Crippen LogP contribution in [0.25, 0.3) is 0 Å². The molecular weight excluding hydrogens is 344 g/mol. The zero-order valence-electron chi connectivity index (χ0n) is 10.9. The Morgan fingerprint density at radius 1 is 1.55 bits per heavy atom. The first-order chi connectivity index (χ1) is 9.45. The number of aromatic nitrogens is 2. The summed E-state index contributed by atoms with van der Waals surface area (Å²) in [5.41, 5.74) is 3.92. The van der Waals surface area contributed by atoms with E-state index >= 15 is 0 Å². The molecule has 2 rings (SSSR count). The quantitative estimate of drug-likeness (QED) is 0.493. The van der Waals surface area contributed by atoms with Gasteiger partial charge in [0.1, 0.15) is 0 Å². The van der Waals surface area contributed by atoms with Crippen LogP contribution in [0.1, 0.15) is 26.6 Å². The van der Waals surface area contributed by atoms with E-state index in [1.54, 1.807) is 18.4 Å². The van der Waals surface area contributed by atoms with Crippen LogP contribution in [0.15, 0.2) is 20.7 Å². The number of nitrogen functional groups attached to an aromatic ring is 1. The number of thiophene rings is 1. The summed E-state index contributed by atoms with van der Waals surface area (Å²) in [4.78, 5) is 28.1. The number of hydrogen-bond donors (Lipinski definition) is 2. The normalized spacial score (nSPS) is 10.6. The highest BCUT2D eigenvalue weighted by molar-refractivity contribution is 9.10. The molecule has 2 heterocycles. The van der Waals surface area contributed by atoms with Crippen LogP contribution in [0.5, 0.6) is 0 Å². The van der Waals surface area contributed by atoms with Gasteiger partial charge in [-0.25, -0.2) is 10.6 Å². The van der Waals surface area contributed by atoms with E-state index in [1.807, 2.05) is 6.92 Å². The molecule has 0 unspecified atom stereocenters. The maximum atomic E-state index is 12.0. The number of nitrogens with zero attached hydrogens (tertiary/aromatic N) is 2. The fourth-order valence-electron chi connectivity index (χ4n) is 1.86. The molecule has 0 bridgehead atoms. The van der Waals surface area contributed by atoms with Crippen molar-refractivity contribution in [2.24, 2.45) is 5.84 Å². The van der Waals surface area contributed by atoms with Crippen molar-refractivity contribution in [1.82, 2.24) is 15.0 Å². The van der Waals surface area contributed by atoms with Gasteiger partial charge in [0.25, 0.3) is 5.91 Å². The zero-order chi connectivity index (χ0) is 14.9. The van der Waals surface area contributed by atoms with E-state index in [0.29, 0.717) is 10.6 Å². The third kappa shape index (κ3) is 2.67. The lowest BCUT2D eigenvalue weighted by Crippen LogP contribution is -2.31. The Hall–Kier alpha value is -1.51. The Kier molecular flexibility index (Phi) is 4.36. The Balaban J connectivity index is 2.47. The number of carbonyl (C=O) groups is 1. The van der Waals surface area contributed by atoms with Crippen molar-refractivity contribution in [1.29, 1.82) is 0 Å². The standard InChI is InChI=1S/C12H13BrN4O2S/c1-6-9(13)7(2)17(12(19)15-6)5-8-3-4-20-10(8)11(18)16-14/h3-4H,5,14H2,1-2H3,(H,16,18). The second-order valence-electron chi connectivity index (χ2n) is 4.21. The first-order valence-corrected chi connectivity index (χ1v) is 7.43. The molecule has 2 aromatic heterocycles. The molecule has 20 heavy (non-hydrogen) atoms. The number of aryl methyl sites for hydroxylation is 1. The minimum Gasteiger partial charge on any atom is -0.291 e. The predicted molar refractivity (Wildman–Crippen MR) is 80.7 cm³/mol. The van der Waals surface area contributed by atoms with Gasteiger partial charge in [-0.15, -0.1) is 11.3 Å². The van der Waals surface area contributed by atoms with Crippen LogP contribution in [0, 0.1) is 13.8 Å². The van der Waals surface area contributed by atoms with Gasteiger partial charge in [-0.1, -0.05) is 0 Å². The SMILES string of the molecule is Cc1nc(=O)n(Cc2ccsc2C(=O)NN)c(C)c1Br. The van der Waals surface area contributed by atoms with Gasteiger partial charge in [-0.2, -0.15) is 4.98 Å². The number of nitrogens with one attached hydrogen (secondary N) is 1. The lowest BCUT2D eigenvalue weighted by molar-refractivity contribution is 0.0956. The topological polar surface area (TPSA) is 90.0 Å². The van der Waals surface area contributed by atoms with E-state index < -0.39 is 0 Å². The summed E-state index contributed by atoms with van der Waals surface area (Å²) in [5, 5.41) is 1.79. The van der Waals surface area contributed by atoms with Crippen molar-refractivity contribution < 1.29 is 4.79 Å². The minimum atomic E-state index is -0.361. The van der Waals surface area contributed by atoms with Gasteiger partial charge in [0.05, 0.1) is 21.6 Å². The third-order valence-electron chi connectivity index (χ3n) is 2.95. The summed E-state index contributed by atoms with van der Waals surface area (Å²) >= 11 is 4.69. The van der Waals surface area contributed by atoms with Crippen LogP contribution >= 0.6 is 27.3 Å². The van der Waals surface area contributed by atoms with Crippen LogP contribution in [0.3, 0.4) is 0 Å². The first-order valence-electron chi connectivity index (χ1n) is 5.76. The molecule has 0 radical (unpaired) electrons. The summed E-state index contributed by atoms with van der Waals surface area (Å²) < 4.78 is 2.31. The molecule has 0 aromatic carbocycles. The molecule has 0 saturated heterocycles. The molecule has 0 aliphatic carbocycles. The molecule has 6 nitrogen and oxygen atoms in total. The molecule has 106 valence electrons. The van der Waals surface area contributed by atoms with Gasteiger partial charge in [0.15, 0.2) is 0 Å². The molecule has 0 atom stereocenters. The van der Waals surface area contributed by atoms with Crippen molar-refractivity contribution in [3.63, 3.8) is 0 Å². The van der Waals surface area contributed by atoms with Crippen LogP contribution in [-0.4, -0.2) is 15.5 Å². The van der Waals surface area contributed by atoms with Crippen molar-refractivity contribution >= 4 is 33.2 Å². The smallest absolute Gasteiger partial charge is 0.291 e. The Morgan fingerprint density at radius 2 is 2.25 bits per heavy atom. The molecule has 8 heteroatoms. The van der Waals surface area contributed by atoms with E-state index in [0.717, 1.165) is 15.7 Å². The summed E-state index contributed by atoms with van der Waals surface area (Å²) in [7, 11) is 0. The Bertz CT molecular complexity index is 723. The van der Waals surface area contributed by atoms with Crippen LogP contribution in [0.2, 0.25) is 0 Å². The summed E-state index contributed by atoms with van der Waals surface area (Å²) in [6.45, 7) is 3.87. The Labute approximate surface area is 127 Å². The molecule has 0 aliphatic rings. The third-order valence-corrected chi connectivity index (χ3v) is 5.05. The van der Waals surface area contributed by atoms with Gasteiger partial charge < -0.3 is 0 Å². The second kappa shape index (κ2) is 5.86. The minimum absolute atomic E-state index is 0.281. The molecule has 0 fully saturated rings. The number of carbonyl (C=O) groups excluding carboxylic acids is 1. The number of hydrogen-bond acceptors (Lipinski definition) is 5. The maximum Gasteiger partial charge on any atom is 0.348 e. The molecule has 0 saturated carbocycles. The zero-order valence-corrected chi connectivity index (χ0v) is 13.3. The highest BCUT2D eigenvalue weighted by atomic mass is 79.9. The number of rotatable bonds is 3. The lowest BCUT2D eigenvalue weighted by Gasteiger charge is -2.12. The number of nitrogens with two attached hydrogens (primary N) is 1. The summed E-state index contributed by atoms with van der Waals surface area (Å²) in [6.07, 6.45) is 0. The van der Waals surface area contributed by atoms with Crippen LogP contribution in [-0.2, 0) is 6.54 Å². The van der Waals surface area contributed by atoms with E-state index in [2.05, 4.69) is 26.3 Å². The fourth-order valence-corrected chi connectivity index (χ4v) is 2.98. The molecule has 0 aliphatic heterocycles. The Morgan fingerprint density at radius 3 is 2.90 bits per heavy atom. The average Bonchev–Trinajstić information content (AvgIpc) is 2.88. The second-order valence-corrected chi connectivity index (χ2v) is 5.92. The molecule has 0 spiro atoms. The van der Waals surface area contributed by atoms with E-state index in [4.69, 9.17) is 5.84 Å². The number of hydrazine groups is 1. The summed E-state index contributed by atoms with van der Waals surface area (Å²) in [6, 6.07) is 1.80. The largest absolute Gasteiger partial charge is 0.348 e. The predicted octanol–water partition coefficient (Wildman–Crippen LogP) is 1.34. The van der Waals surface area contributed by atoms with Crippen LogP contribution in [0.4, 0.5) is 0 Å². The van der Waals surface area contributed by atoms with Gasteiger partial charge in [0, 0.05) is 5.69 Å². The molecule has 3 N–H and O–H groups in total. The van der Waals surface area contributed by atoms with Gasteiger partial charge in [0.2, 0.25) is 0 Å². The first kappa shape index (κ1) is 14.9. The van der Waals surface area contributed by atoms with Gasteiger partial charge in [-0.05, 0) is 46.8 Å². The maximum absolute atomic E-state index is 12.0. The average molecular weight is 357 g/mol. The highest BCUT2D eigenvalue weighted by Crippen LogP contribution is 2.21. The van der Waals surface area contributed by atoms with E-state index in [9.17, 15) is 9.59 Å². The molecule has 2 aromatic rings.